The number of anilines is 1. The number of hydrogen-bond donors (Lipinski definition) is 2. The highest BCUT2D eigenvalue weighted by Crippen LogP contribution is 2.22. The molecule has 1 aromatic rings. The van der Waals surface area contributed by atoms with Crippen LogP contribution in [0.1, 0.15) is 36.5 Å². The van der Waals surface area contributed by atoms with Crippen molar-refractivity contribution in [1.82, 2.24) is 10.3 Å². The lowest BCUT2D eigenvalue weighted by atomic mass is 10.0. The molecule has 1 aliphatic rings. The van der Waals surface area contributed by atoms with Crippen LogP contribution in [-0.2, 0) is 0 Å². The fraction of sp³-hybridized carbons (Fsp3) is 0.600. The number of carbonyl (C=O) groups is 1. The first-order valence-electron chi connectivity index (χ1n) is 7.36. The predicted octanol–water partition coefficient (Wildman–Crippen LogP) is 2.78. The number of amides is 1. The van der Waals surface area contributed by atoms with Gasteiger partial charge in [0, 0.05) is 19.3 Å². The zero-order valence-corrected chi connectivity index (χ0v) is 12.8. The molecule has 1 saturated heterocycles. The molecule has 2 N–H and O–H groups in total. The van der Waals surface area contributed by atoms with Crippen LogP contribution in [0.5, 0.6) is 0 Å². The fourth-order valence-electron chi connectivity index (χ4n) is 2.26. The van der Waals surface area contributed by atoms with E-state index in [-0.39, 0.29) is 5.91 Å². The maximum atomic E-state index is 12.3. The van der Waals surface area contributed by atoms with Crippen LogP contribution < -0.4 is 10.6 Å². The van der Waals surface area contributed by atoms with Crippen molar-refractivity contribution in [2.24, 2.45) is 5.92 Å². The number of aromatic nitrogens is 1. The van der Waals surface area contributed by atoms with E-state index in [2.05, 4.69) is 22.5 Å². The molecule has 0 atom stereocenters. The molecule has 2 rings (SSSR count). The van der Waals surface area contributed by atoms with E-state index in [1.807, 2.05) is 23.9 Å². The minimum absolute atomic E-state index is 0.0186. The van der Waals surface area contributed by atoms with Gasteiger partial charge in [-0.2, -0.15) is 11.8 Å². The molecule has 0 aliphatic carbocycles. The summed E-state index contributed by atoms with van der Waals surface area (Å²) < 4.78 is 0. The zero-order valence-electron chi connectivity index (χ0n) is 12.0. The van der Waals surface area contributed by atoms with Gasteiger partial charge in [0.1, 0.15) is 5.82 Å². The number of rotatable bonds is 6. The van der Waals surface area contributed by atoms with Crippen LogP contribution in [0, 0.1) is 5.92 Å². The molecular formula is C15H23N3OS. The van der Waals surface area contributed by atoms with Crippen LogP contribution >= 0.6 is 11.8 Å². The van der Waals surface area contributed by atoms with Crippen molar-refractivity contribution in [3.8, 4) is 0 Å². The van der Waals surface area contributed by atoms with E-state index in [1.165, 1.54) is 24.3 Å². The second-order valence-electron chi connectivity index (χ2n) is 5.09. The molecular weight excluding hydrogens is 270 g/mol. The first kappa shape index (κ1) is 15.2. The quantitative estimate of drug-likeness (QED) is 0.847. The summed E-state index contributed by atoms with van der Waals surface area (Å²) in [6, 6.07) is 3.64. The van der Waals surface area contributed by atoms with Crippen molar-refractivity contribution in [2.45, 2.75) is 26.2 Å². The number of nitrogens with one attached hydrogen (secondary N) is 2. The van der Waals surface area contributed by atoms with Crippen LogP contribution in [0.15, 0.2) is 18.3 Å². The second kappa shape index (κ2) is 8.15. The summed E-state index contributed by atoms with van der Waals surface area (Å²) in [5.41, 5.74) is 0.645. The van der Waals surface area contributed by atoms with Crippen molar-refractivity contribution < 1.29 is 4.79 Å². The fourth-order valence-corrected chi connectivity index (χ4v) is 3.46. The Kier molecular flexibility index (Phi) is 6.18. The van der Waals surface area contributed by atoms with Gasteiger partial charge in [-0.15, -0.1) is 0 Å². The van der Waals surface area contributed by atoms with Crippen molar-refractivity contribution in [1.29, 1.82) is 0 Å². The lowest BCUT2D eigenvalue weighted by molar-refractivity contribution is 0.0947. The largest absolute Gasteiger partial charge is 0.369 e. The summed E-state index contributed by atoms with van der Waals surface area (Å²) in [6.45, 7) is 3.70. The minimum Gasteiger partial charge on any atom is -0.369 e. The van der Waals surface area contributed by atoms with Gasteiger partial charge in [0.25, 0.3) is 5.91 Å². The van der Waals surface area contributed by atoms with Gasteiger partial charge in [0.15, 0.2) is 0 Å². The standard InChI is InChI=1S/C15H23N3OS/c1-2-7-16-14-13(4-3-8-17-14)15(19)18-11-12-5-9-20-10-6-12/h3-4,8,12H,2,5-7,9-11H2,1H3,(H,16,17)(H,18,19). The van der Waals surface area contributed by atoms with Crippen LogP contribution in [0.3, 0.4) is 0 Å². The number of thioether (sulfide) groups is 1. The molecule has 0 saturated carbocycles. The maximum Gasteiger partial charge on any atom is 0.255 e. The van der Waals surface area contributed by atoms with E-state index in [1.54, 1.807) is 6.20 Å². The molecule has 4 nitrogen and oxygen atoms in total. The molecule has 0 aromatic carbocycles. The summed E-state index contributed by atoms with van der Waals surface area (Å²) in [7, 11) is 0. The molecule has 0 unspecified atom stereocenters. The third kappa shape index (κ3) is 4.40. The first-order valence-corrected chi connectivity index (χ1v) is 8.51. The van der Waals surface area contributed by atoms with Gasteiger partial charge in [0.2, 0.25) is 0 Å². The molecule has 0 bridgehead atoms. The van der Waals surface area contributed by atoms with Gasteiger partial charge < -0.3 is 10.6 Å². The maximum absolute atomic E-state index is 12.3. The first-order chi connectivity index (χ1) is 9.81. The average molecular weight is 293 g/mol. The van der Waals surface area contributed by atoms with E-state index < -0.39 is 0 Å². The summed E-state index contributed by atoms with van der Waals surface area (Å²) in [5, 5.41) is 6.26. The van der Waals surface area contributed by atoms with Crippen molar-refractivity contribution in [3.63, 3.8) is 0 Å². The second-order valence-corrected chi connectivity index (χ2v) is 6.32. The van der Waals surface area contributed by atoms with Crippen LogP contribution in [-0.4, -0.2) is 35.5 Å². The Morgan fingerprint density at radius 2 is 2.25 bits per heavy atom. The molecule has 1 aromatic heterocycles. The van der Waals surface area contributed by atoms with E-state index in [9.17, 15) is 4.79 Å². The third-order valence-electron chi connectivity index (χ3n) is 3.49. The number of hydrogen-bond acceptors (Lipinski definition) is 4. The highest BCUT2D eigenvalue weighted by molar-refractivity contribution is 7.99. The lowest BCUT2D eigenvalue weighted by Crippen LogP contribution is -2.31. The van der Waals surface area contributed by atoms with Gasteiger partial charge in [-0.1, -0.05) is 6.92 Å². The lowest BCUT2D eigenvalue weighted by Gasteiger charge is -2.21. The van der Waals surface area contributed by atoms with Crippen molar-refractivity contribution in [2.75, 3.05) is 29.9 Å². The van der Waals surface area contributed by atoms with Crippen molar-refractivity contribution in [3.05, 3.63) is 23.9 Å². The third-order valence-corrected chi connectivity index (χ3v) is 4.54. The Morgan fingerprint density at radius 1 is 1.45 bits per heavy atom. The molecule has 2 heterocycles. The zero-order chi connectivity index (χ0) is 14.2. The molecule has 0 radical (unpaired) electrons. The molecule has 1 fully saturated rings. The van der Waals surface area contributed by atoms with E-state index in [0.717, 1.165) is 19.5 Å². The molecule has 110 valence electrons. The number of carbonyl (C=O) groups excluding carboxylic acids is 1. The van der Waals surface area contributed by atoms with Gasteiger partial charge >= 0.3 is 0 Å². The van der Waals surface area contributed by atoms with Gasteiger partial charge in [-0.3, -0.25) is 4.79 Å². The van der Waals surface area contributed by atoms with Gasteiger partial charge in [-0.05, 0) is 48.8 Å². The van der Waals surface area contributed by atoms with Gasteiger partial charge in [-0.25, -0.2) is 4.98 Å². The highest BCUT2D eigenvalue weighted by Gasteiger charge is 2.16. The summed E-state index contributed by atoms with van der Waals surface area (Å²) in [6.07, 6.45) is 5.14. The minimum atomic E-state index is -0.0186. The van der Waals surface area contributed by atoms with Crippen molar-refractivity contribution >= 4 is 23.5 Å². The van der Waals surface area contributed by atoms with Gasteiger partial charge in [0.05, 0.1) is 5.56 Å². The van der Waals surface area contributed by atoms with Crippen LogP contribution in [0.2, 0.25) is 0 Å². The monoisotopic (exact) mass is 293 g/mol. The van der Waals surface area contributed by atoms with E-state index >= 15 is 0 Å². The van der Waals surface area contributed by atoms with Crippen LogP contribution in [0.4, 0.5) is 5.82 Å². The Morgan fingerprint density at radius 3 is 3.00 bits per heavy atom. The smallest absolute Gasteiger partial charge is 0.255 e. The Bertz CT molecular complexity index is 433. The molecule has 20 heavy (non-hydrogen) atoms. The molecule has 5 heteroatoms. The van der Waals surface area contributed by atoms with Crippen LogP contribution in [0.25, 0.3) is 0 Å². The number of nitrogens with zero attached hydrogens (tertiary/aromatic N) is 1. The van der Waals surface area contributed by atoms with E-state index in [0.29, 0.717) is 17.3 Å². The normalized spacial score (nSPS) is 15.8. The Hall–Kier alpha value is -1.23. The molecule has 1 amide bonds. The summed E-state index contributed by atoms with van der Waals surface area (Å²) in [4.78, 5) is 16.5. The highest BCUT2D eigenvalue weighted by atomic mass is 32.2. The summed E-state index contributed by atoms with van der Waals surface area (Å²) in [5.74, 6) is 3.73. The van der Waals surface area contributed by atoms with E-state index in [4.69, 9.17) is 0 Å². The Labute approximate surface area is 125 Å². The SMILES string of the molecule is CCCNc1ncccc1C(=O)NCC1CCSCC1. The topological polar surface area (TPSA) is 54.0 Å². The average Bonchev–Trinajstić information content (AvgIpc) is 2.52. The molecule has 1 aliphatic heterocycles. The number of pyridine rings is 1. The Balaban J connectivity index is 1.90. The predicted molar refractivity (Wildman–Crippen MR) is 85.4 cm³/mol. The summed E-state index contributed by atoms with van der Waals surface area (Å²) >= 11 is 2.01. The molecule has 0 spiro atoms.